The van der Waals surface area contributed by atoms with Crippen molar-refractivity contribution in [2.45, 2.75) is 51.3 Å². The summed E-state index contributed by atoms with van der Waals surface area (Å²) in [6.07, 6.45) is 1.27. The molecule has 0 aliphatic heterocycles. The van der Waals surface area contributed by atoms with E-state index in [0.717, 1.165) is 18.5 Å². The first-order chi connectivity index (χ1) is 9.74. The van der Waals surface area contributed by atoms with E-state index in [1.54, 1.807) is 12.1 Å². The Balaban J connectivity index is 1.78. The van der Waals surface area contributed by atoms with Crippen molar-refractivity contribution in [3.05, 3.63) is 28.2 Å². The van der Waals surface area contributed by atoms with Crippen molar-refractivity contribution < 1.29 is 9.53 Å². The molecule has 1 aliphatic rings. The van der Waals surface area contributed by atoms with Crippen LogP contribution in [0.1, 0.15) is 33.6 Å². The summed E-state index contributed by atoms with van der Waals surface area (Å²) in [6.45, 7) is 5.53. The van der Waals surface area contributed by atoms with Gasteiger partial charge in [-0.15, -0.1) is 0 Å². The monoisotopic (exact) mass is 330 g/mol. The molecule has 0 unspecified atom stereocenters. The van der Waals surface area contributed by atoms with Crippen LogP contribution in [0.4, 0.5) is 10.5 Å². The number of carbonyl (C=O) groups is 1. The Labute approximate surface area is 135 Å². The number of halogens is 2. The van der Waals surface area contributed by atoms with Gasteiger partial charge in [0.25, 0.3) is 0 Å². The van der Waals surface area contributed by atoms with Crippen LogP contribution in [0.25, 0.3) is 0 Å². The van der Waals surface area contributed by atoms with Gasteiger partial charge in [0.1, 0.15) is 5.60 Å². The van der Waals surface area contributed by atoms with Gasteiger partial charge < -0.3 is 15.4 Å². The summed E-state index contributed by atoms with van der Waals surface area (Å²) in [4.78, 5) is 11.6. The van der Waals surface area contributed by atoms with E-state index in [1.165, 1.54) is 0 Å². The van der Waals surface area contributed by atoms with Crippen molar-refractivity contribution >= 4 is 35.0 Å². The molecule has 0 radical (unpaired) electrons. The molecule has 1 aromatic carbocycles. The van der Waals surface area contributed by atoms with Crippen LogP contribution in [0.5, 0.6) is 0 Å². The highest BCUT2D eigenvalue weighted by Crippen LogP contribution is 2.33. The zero-order valence-electron chi connectivity index (χ0n) is 12.4. The van der Waals surface area contributed by atoms with E-state index >= 15 is 0 Å². The number of para-hydroxylation sites is 1. The Kier molecular flexibility index (Phi) is 4.89. The topological polar surface area (TPSA) is 50.4 Å². The zero-order valence-corrected chi connectivity index (χ0v) is 13.9. The van der Waals surface area contributed by atoms with Gasteiger partial charge in [0.2, 0.25) is 0 Å². The van der Waals surface area contributed by atoms with E-state index in [0.29, 0.717) is 10.0 Å². The summed E-state index contributed by atoms with van der Waals surface area (Å²) in [5, 5.41) is 7.37. The lowest BCUT2D eigenvalue weighted by Gasteiger charge is -2.37. The normalized spacial score (nSPS) is 21.4. The SMILES string of the molecule is CC(C)(C)OC(=O)NC1CC(Nc2c(Cl)cccc2Cl)C1. The van der Waals surface area contributed by atoms with Gasteiger partial charge in [0, 0.05) is 12.1 Å². The minimum Gasteiger partial charge on any atom is -0.444 e. The molecular weight excluding hydrogens is 311 g/mol. The fourth-order valence-corrected chi connectivity index (χ4v) is 2.67. The smallest absolute Gasteiger partial charge is 0.407 e. The molecule has 21 heavy (non-hydrogen) atoms. The lowest BCUT2D eigenvalue weighted by Crippen LogP contribution is -2.50. The summed E-state index contributed by atoms with van der Waals surface area (Å²) < 4.78 is 5.22. The first-order valence-electron chi connectivity index (χ1n) is 6.94. The minimum atomic E-state index is -0.476. The lowest BCUT2D eigenvalue weighted by atomic mass is 9.86. The van der Waals surface area contributed by atoms with Crippen molar-refractivity contribution in [3.63, 3.8) is 0 Å². The number of nitrogens with one attached hydrogen (secondary N) is 2. The van der Waals surface area contributed by atoms with Crippen LogP contribution in [0, 0.1) is 0 Å². The number of rotatable bonds is 3. The molecule has 0 spiro atoms. The first-order valence-corrected chi connectivity index (χ1v) is 7.70. The van der Waals surface area contributed by atoms with Gasteiger partial charge in [0.05, 0.1) is 15.7 Å². The Bertz CT molecular complexity index is 503. The third-order valence-electron chi connectivity index (χ3n) is 3.17. The molecule has 1 fully saturated rings. The highest BCUT2D eigenvalue weighted by molar-refractivity contribution is 6.39. The Hall–Kier alpha value is -1.13. The van der Waals surface area contributed by atoms with E-state index in [-0.39, 0.29) is 18.2 Å². The molecule has 0 bridgehead atoms. The maximum absolute atomic E-state index is 11.6. The fourth-order valence-electron chi connectivity index (χ4n) is 2.17. The van der Waals surface area contributed by atoms with Crippen LogP contribution in [-0.4, -0.2) is 23.8 Å². The Morgan fingerprint density at radius 2 is 1.76 bits per heavy atom. The molecule has 1 aliphatic carbocycles. The van der Waals surface area contributed by atoms with Crippen molar-refractivity contribution in [2.75, 3.05) is 5.32 Å². The van der Waals surface area contributed by atoms with Gasteiger partial charge in [-0.25, -0.2) is 4.79 Å². The molecule has 116 valence electrons. The average molecular weight is 331 g/mol. The van der Waals surface area contributed by atoms with Gasteiger partial charge in [0.15, 0.2) is 0 Å². The summed E-state index contributed by atoms with van der Waals surface area (Å²) in [5.41, 5.74) is 0.276. The zero-order chi connectivity index (χ0) is 15.6. The molecule has 2 rings (SSSR count). The van der Waals surface area contributed by atoms with E-state index in [4.69, 9.17) is 27.9 Å². The van der Waals surface area contributed by atoms with Gasteiger partial charge in [-0.3, -0.25) is 0 Å². The second-order valence-corrected chi connectivity index (χ2v) is 7.07. The number of ether oxygens (including phenoxy) is 1. The molecule has 0 saturated heterocycles. The van der Waals surface area contributed by atoms with E-state index in [9.17, 15) is 4.79 Å². The highest BCUT2D eigenvalue weighted by atomic mass is 35.5. The Morgan fingerprint density at radius 3 is 2.29 bits per heavy atom. The third-order valence-corrected chi connectivity index (χ3v) is 3.80. The second kappa shape index (κ2) is 6.32. The summed E-state index contributed by atoms with van der Waals surface area (Å²) >= 11 is 12.2. The number of alkyl carbamates (subject to hydrolysis) is 1. The highest BCUT2D eigenvalue weighted by Gasteiger charge is 2.32. The molecule has 0 atom stereocenters. The maximum Gasteiger partial charge on any atom is 0.407 e. The van der Waals surface area contributed by atoms with Crippen LogP contribution in [0.2, 0.25) is 10.0 Å². The molecule has 1 aromatic rings. The maximum atomic E-state index is 11.6. The van der Waals surface area contributed by atoms with Crippen molar-refractivity contribution in [3.8, 4) is 0 Å². The molecule has 2 N–H and O–H groups in total. The fraction of sp³-hybridized carbons (Fsp3) is 0.533. The summed E-state index contributed by atoms with van der Waals surface area (Å²) in [5.74, 6) is 0. The summed E-state index contributed by atoms with van der Waals surface area (Å²) in [7, 11) is 0. The molecule has 0 heterocycles. The number of amides is 1. The van der Waals surface area contributed by atoms with Crippen LogP contribution in [0.3, 0.4) is 0 Å². The molecular formula is C15H20Cl2N2O2. The van der Waals surface area contributed by atoms with Gasteiger partial charge in [-0.1, -0.05) is 29.3 Å². The molecule has 4 nitrogen and oxygen atoms in total. The predicted octanol–water partition coefficient (Wildman–Crippen LogP) is 4.46. The quantitative estimate of drug-likeness (QED) is 0.860. The standard InChI is InChI=1S/C15H20Cl2N2O2/c1-15(2,3)21-14(20)19-10-7-9(8-10)18-13-11(16)5-4-6-12(13)17/h4-6,9-10,18H,7-8H2,1-3H3,(H,19,20). The second-order valence-electron chi connectivity index (χ2n) is 6.25. The van der Waals surface area contributed by atoms with Crippen LogP contribution < -0.4 is 10.6 Å². The minimum absolute atomic E-state index is 0.124. The van der Waals surface area contributed by atoms with E-state index in [1.807, 2.05) is 26.8 Å². The average Bonchev–Trinajstić information content (AvgIpc) is 2.27. The molecule has 1 saturated carbocycles. The predicted molar refractivity (Wildman–Crippen MR) is 86.3 cm³/mol. The van der Waals surface area contributed by atoms with E-state index in [2.05, 4.69) is 10.6 Å². The van der Waals surface area contributed by atoms with Crippen LogP contribution in [-0.2, 0) is 4.74 Å². The van der Waals surface area contributed by atoms with E-state index < -0.39 is 5.60 Å². The van der Waals surface area contributed by atoms with Gasteiger partial charge in [-0.2, -0.15) is 0 Å². The van der Waals surface area contributed by atoms with Gasteiger partial charge >= 0.3 is 6.09 Å². The number of hydrogen-bond acceptors (Lipinski definition) is 3. The van der Waals surface area contributed by atoms with Crippen LogP contribution >= 0.6 is 23.2 Å². The van der Waals surface area contributed by atoms with Gasteiger partial charge in [-0.05, 0) is 45.7 Å². The molecule has 0 aromatic heterocycles. The number of hydrogen-bond donors (Lipinski definition) is 2. The number of benzene rings is 1. The molecule has 1 amide bonds. The largest absolute Gasteiger partial charge is 0.444 e. The van der Waals surface area contributed by atoms with Crippen molar-refractivity contribution in [1.29, 1.82) is 0 Å². The van der Waals surface area contributed by atoms with Crippen molar-refractivity contribution in [2.24, 2.45) is 0 Å². The third kappa shape index (κ3) is 4.68. The lowest BCUT2D eigenvalue weighted by molar-refractivity contribution is 0.0475. The summed E-state index contributed by atoms with van der Waals surface area (Å²) in [6, 6.07) is 5.78. The number of carbonyl (C=O) groups excluding carboxylic acids is 1. The molecule has 6 heteroatoms. The first kappa shape index (κ1) is 16.2. The van der Waals surface area contributed by atoms with Crippen molar-refractivity contribution in [1.82, 2.24) is 5.32 Å². The Morgan fingerprint density at radius 1 is 1.19 bits per heavy atom. The number of anilines is 1. The van der Waals surface area contributed by atoms with Crippen LogP contribution in [0.15, 0.2) is 18.2 Å².